The number of rotatable bonds is 5. The fourth-order valence-electron chi connectivity index (χ4n) is 11.7. The number of hydrogen-bond acceptors (Lipinski definition) is 2. The molecule has 0 unspecified atom stereocenters. The molecule has 2 aliphatic heterocycles. The highest BCUT2D eigenvalue weighted by atomic mass is 16.5. The van der Waals surface area contributed by atoms with E-state index < -0.39 is 0 Å². The largest absolute Gasteiger partial charge is 0.497 e. The summed E-state index contributed by atoms with van der Waals surface area (Å²) in [6.07, 6.45) is 0. The molecule has 0 atom stereocenters. The second-order valence-electron chi connectivity index (χ2n) is 21.1. The predicted octanol–water partition coefficient (Wildman–Crippen LogP) is 14.4. The number of hydrogen-bond donors (Lipinski definition) is 0. The van der Waals surface area contributed by atoms with Crippen molar-refractivity contribution in [2.75, 3.05) is 14.2 Å². The van der Waals surface area contributed by atoms with Gasteiger partial charge in [-0.05, 0) is 170 Å². The molecule has 0 N–H and O–H groups in total. The van der Waals surface area contributed by atoms with Crippen molar-refractivity contribution < 1.29 is 9.47 Å². The average molecular weight is 859 g/mol. The number of ether oxygens (including phenoxy) is 2. The van der Waals surface area contributed by atoms with Crippen molar-refractivity contribution in [1.29, 1.82) is 0 Å². The van der Waals surface area contributed by atoms with E-state index in [-0.39, 0.29) is 17.7 Å². The summed E-state index contributed by atoms with van der Waals surface area (Å²) >= 11 is 0. The van der Waals surface area contributed by atoms with Crippen molar-refractivity contribution in [3.05, 3.63) is 161 Å². The Morgan fingerprint density at radius 1 is 0.455 bits per heavy atom. The molecule has 0 amide bonds. The number of methoxy groups -OCH3 is 2. The second-order valence-corrected chi connectivity index (χ2v) is 21.1. The van der Waals surface area contributed by atoms with Crippen molar-refractivity contribution in [3.63, 3.8) is 0 Å². The molecule has 8 aromatic carbocycles. The maximum Gasteiger partial charge on any atom is 0.333 e. The van der Waals surface area contributed by atoms with Crippen LogP contribution in [0.5, 0.6) is 11.5 Å². The number of nitrogens with zero attached hydrogens (tertiary/aromatic N) is 2. The second kappa shape index (κ2) is 14.0. The normalized spacial score (nSPS) is 13.0. The summed E-state index contributed by atoms with van der Waals surface area (Å²) in [4.78, 5) is 0. The molecule has 0 saturated heterocycles. The highest BCUT2D eigenvalue weighted by molar-refractivity contribution is 6.90. The van der Waals surface area contributed by atoms with Gasteiger partial charge in [0.15, 0.2) is 0 Å². The van der Waals surface area contributed by atoms with Crippen LogP contribution >= 0.6 is 0 Å². The van der Waals surface area contributed by atoms with Crippen LogP contribution in [-0.4, -0.2) is 30.1 Å². The molecule has 0 bridgehead atoms. The number of benzene rings is 8. The lowest BCUT2D eigenvalue weighted by atomic mass is 9.45. The van der Waals surface area contributed by atoms with Gasteiger partial charge in [0.05, 0.1) is 25.3 Å². The Labute approximate surface area is 388 Å². The predicted molar refractivity (Wildman–Crippen MR) is 281 cm³/mol. The molecule has 0 radical (unpaired) electrons. The lowest BCUT2D eigenvalue weighted by Gasteiger charge is -2.35. The molecule has 2 aromatic heterocycles. The first-order valence-corrected chi connectivity index (χ1v) is 23.4. The Morgan fingerprint density at radius 2 is 1.00 bits per heavy atom. The molecular formula is C61H55BN2O2. The van der Waals surface area contributed by atoms with Gasteiger partial charge < -0.3 is 18.5 Å². The monoisotopic (exact) mass is 858 g/mol. The zero-order chi connectivity index (χ0) is 45.7. The molecular weight excluding hydrogens is 803 g/mol. The Hall–Kier alpha value is -6.98. The van der Waals surface area contributed by atoms with Crippen molar-refractivity contribution in [3.8, 4) is 61.7 Å². The van der Waals surface area contributed by atoms with Gasteiger partial charge in [0.25, 0.3) is 0 Å². The van der Waals surface area contributed by atoms with Crippen LogP contribution in [-0.2, 0) is 10.8 Å². The molecule has 324 valence electrons. The Balaban J connectivity index is 1.24. The molecule has 66 heavy (non-hydrogen) atoms. The van der Waals surface area contributed by atoms with Crippen LogP contribution in [0.15, 0.2) is 133 Å². The summed E-state index contributed by atoms with van der Waals surface area (Å²) in [6.45, 7) is 20.3. The lowest BCUT2D eigenvalue weighted by molar-refractivity contribution is 0.415. The highest BCUT2D eigenvalue weighted by Crippen LogP contribution is 2.48. The molecule has 5 heteroatoms. The molecule has 0 aliphatic carbocycles. The minimum absolute atomic E-state index is 0.0578. The summed E-state index contributed by atoms with van der Waals surface area (Å²) in [7, 11) is 3.54. The van der Waals surface area contributed by atoms with E-state index in [9.17, 15) is 0 Å². The minimum atomic E-state index is -0.123. The maximum atomic E-state index is 6.20. The summed E-state index contributed by atoms with van der Waals surface area (Å²) in [5, 5.41) is 4.83. The van der Waals surface area contributed by atoms with Gasteiger partial charge in [0.1, 0.15) is 11.5 Å². The van der Waals surface area contributed by atoms with E-state index in [1.165, 1.54) is 116 Å². The van der Waals surface area contributed by atoms with Crippen LogP contribution in [0.4, 0.5) is 0 Å². The smallest absolute Gasteiger partial charge is 0.333 e. The van der Waals surface area contributed by atoms with Gasteiger partial charge >= 0.3 is 6.85 Å². The SMILES string of the molecule is COc1ccc2c(c1)c1cc(OC)cc3c1n2-c1cc(-c2c(C)cc(C)cc2C)cc2c1B3n1c3ccc(-c4ccc(C(C)(C)C)cc4)cc3c3cc(-c4ccc(C(C)(C)C)cc4)cc-2c31. The molecule has 0 spiro atoms. The van der Waals surface area contributed by atoms with Crippen molar-refractivity contribution in [2.24, 2.45) is 0 Å². The molecule has 4 heterocycles. The van der Waals surface area contributed by atoms with E-state index in [0.29, 0.717) is 0 Å². The highest BCUT2D eigenvalue weighted by Gasteiger charge is 2.42. The topological polar surface area (TPSA) is 28.3 Å². The molecule has 12 rings (SSSR count). The summed E-state index contributed by atoms with van der Waals surface area (Å²) in [5.41, 5.74) is 25.2. The fraction of sp³-hybridized carbons (Fsp3) is 0.213. The molecule has 10 aromatic rings. The quantitative estimate of drug-likeness (QED) is 0.161. The summed E-state index contributed by atoms with van der Waals surface area (Å²) < 4.78 is 17.3. The summed E-state index contributed by atoms with van der Waals surface area (Å²) in [5.74, 6) is 1.68. The first-order valence-electron chi connectivity index (χ1n) is 23.4. The minimum Gasteiger partial charge on any atom is -0.497 e. The van der Waals surface area contributed by atoms with Crippen LogP contribution in [0.3, 0.4) is 0 Å². The van der Waals surface area contributed by atoms with Gasteiger partial charge in [0.2, 0.25) is 0 Å². The van der Waals surface area contributed by atoms with Crippen LogP contribution < -0.4 is 20.4 Å². The zero-order valence-corrected chi connectivity index (χ0v) is 40.0. The van der Waals surface area contributed by atoms with Gasteiger partial charge in [-0.15, -0.1) is 0 Å². The Bertz CT molecular complexity index is 3680. The van der Waals surface area contributed by atoms with Crippen molar-refractivity contribution >= 4 is 61.4 Å². The first-order chi connectivity index (χ1) is 31.6. The van der Waals surface area contributed by atoms with Crippen LogP contribution in [0.2, 0.25) is 0 Å². The number of aryl methyl sites for hydroxylation is 3. The third-order valence-electron chi connectivity index (χ3n) is 14.9. The Morgan fingerprint density at radius 3 is 1.64 bits per heavy atom. The zero-order valence-electron chi connectivity index (χ0n) is 40.0. The van der Waals surface area contributed by atoms with Crippen LogP contribution in [0.1, 0.15) is 69.4 Å². The van der Waals surface area contributed by atoms with E-state index in [1.807, 2.05) is 0 Å². The van der Waals surface area contributed by atoms with Gasteiger partial charge in [-0.1, -0.05) is 114 Å². The van der Waals surface area contributed by atoms with Gasteiger partial charge in [0, 0.05) is 43.8 Å². The Kier molecular flexibility index (Phi) is 8.61. The van der Waals surface area contributed by atoms with Gasteiger partial charge in [-0.3, -0.25) is 0 Å². The molecule has 0 fully saturated rings. The van der Waals surface area contributed by atoms with E-state index in [1.54, 1.807) is 14.2 Å². The van der Waals surface area contributed by atoms with Gasteiger partial charge in [-0.2, -0.15) is 0 Å². The van der Waals surface area contributed by atoms with Crippen molar-refractivity contribution in [1.82, 2.24) is 9.05 Å². The van der Waals surface area contributed by atoms with E-state index in [0.717, 1.165) is 27.8 Å². The molecule has 4 nitrogen and oxygen atoms in total. The third-order valence-corrected chi connectivity index (χ3v) is 14.9. The summed E-state index contributed by atoms with van der Waals surface area (Å²) in [6, 6.07) is 51.3. The van der Waals surface area contributed by atoms with E-state index >= 15 is 0 Å². The van der Waals surface area contributed by atoms with Crippen molar-refractivity contribution in [2.45, 2.75) is 73.1 Å². The van der Waals surface area contributed by atoms with E-state index in [4.69, 9.17) is 9.47 Å². The average Bonchev–Trinajstić information content (AvgIpc) is 3.80. The molecule has 0 saturated carbocycles. The molecule has 2 aliphatic rings. The lowest BCUT2D eigenvalue weighted by Crippen LogP contribution is -2.55. The van der Waals surface area contributed by atoms with Crippen LogP contribution in [0, 0.1) is 20.8 Å². The number of aromatic nitrogens is 2. The number of fused-ring (bicyclic) bond motifs is 10. The first kappa shape index (κ1) is 40.5. The maximum absolute atomic E-state index is 6.20. The fourth-order valence-corrected chi connectivity index (χ4v) is 11.7. The van der Waals surface area contributed by atoms with Crippen LogP contribution in [0.25, 0.3) is 93.8 Å². The standard InChI is InChI=1S/C61H55BN2O2/c1-34-24-35(2)56(36(3)25-34)41-29-48-50-28-40(38-14-19-43(20-15-38)61(7,8)9)27-49-46-26-39(37-12-17-42(18-13-37)60(4,5)6)16-22-54(46)64(58(49)50)62-52-33-45(66-11)32-51-47-31-44(65-10)21-23-53(47)63(59(51)52)55(30-41)57(48)62/h12-33H,1-11H3. The third kappa shape index (κ3) is 5.84. The van der Waals surface area contributed by atoms with Gasteiger partial charge in [-0.25, -0.2) is 0 Å². The van der Waals surface area contributed by atoms with E-state index in [2.05, 4.69) is 205 Å².